The molecule has 0 atom stereocenters. The highest BCUT2D eigenvalue weighted by Gasteiger charge is 2.47. The third-order valence-electron chi connectivity index (χ3n) is 2.04. The number of halogens is 3. The van der Waals surface area contributed by atoms with Crippen LogP contribution in [0.4, 0.5) is 13.2 Å². The Balaban J connectivity index is 2.34. The maximum atomic E-state index is 11.7. The minimum absolute atomic E-state index is 0.0781. The summed E-state index contributed by atoms with van der Waals surface area (Å²) in [5.41, 5.74) is -1.02. The van der Waals surface area contributed by atoms with Gasteiger partial charge in [-0.05, 0) is 6.42 Å². The van der Waals surface area contributed by atoms with E-state index in [2.05, 4.69) is 4.84 Å². The van der Waals surface area contributed by atoms with Gasteiger partial charge in [0.1, 0.15) is 0 Å². The van der Waals surface area contributed by atoms with E-state index in [0.717, 1.165) is 5.06 Å². The minimum atomic E-state index is -4.99. The summed E-state index contributed by atoms with van der Waals surface area (Å²) in [6, 6.07) is 0. The average Bonchev–Trinajstić information content (AvgIpc) is 1.99. The van der Waals surface area contributed by atoms with E-state index in [-0.39, 0.29) is 13.1 Å². The molecular weight excluding hydrogens is 203 g/mol. The van der Waals surface area contributed by atoms with Gasteiger partial charge in [-0.3, -0.25) is 0 Å². The maximum absolute atomic E-state index is 11.7. The number of alkyl halides is 3. The zero-order chi connectivity index (χ0) is 11.0. The first kappa shape index (κ1) is 11.3. The van der Waals surface area contributed by atoms with Gasteiger partial charge in [-0.2, -0.15) is 13.2 Å². The molecule has 1 saturated heterocycles. The Morgan fingerprint density at radius 1 is 1.57 bits per heavy atom. The van der Waals surface area contributed by atoms with Crippen molar-refractivity contribution < 1.29 is 27.9 Å². The number of nitrogens with zero attached hydrogens (tertiary/aromatic N) is 1. The van der Waals surface area contributed by atoms with Crippen LogP contribution < -0.4 is 0 Å². The van der Waals surface area contributed by atoms with E-state index in [1.807, 2.05) is 0 Å². The van der Waals surface area contributed by atoms with Gasteiger partial charge in [0.25, 0.3) is 0 Å². The molecule has 1 rings (SSSR count). The summed E-state index contributed by atoms with van der Waals surface area (Å²) in [6.45, 7) is 1.54. The molecule has 0 unspecified atom stereocenters. The summed E-state index contributed by atoms with van der Waals surface area (Å²) in [7, 11) is 0. The van der Waals surface area contributed by atoms with Crippen molar-refractivity contribution in [3.05, 3.63) is 0 Å². The number of aliphatic hydroxyl groups is 1. The molecule has 1 aliphatic heterocycles. The summed E-state index contributed by atoms with van der Waals surface area (Å²) in [6.07, 6.45) is -4.58. The van der Waals surface area contributed by atoms with Crippen molar-refractivity contribution >= 4 is 5.97 Å². The van der Waals surface area contributed by atoms with Crippen LogP contribution in [0.25, 0.3) is 0 Å². The standard InChI is InChI=1S/C7H10F3NO3/c1-2-6(13)3-11(4-6)14-5(12)7(8,9)10/h13H,2-4H2,1H3. The van der Waals surface area contributed by atoms with E-state index in [0.29, 0.717) is 6.42 Å². The zero-order valence-corrected chi connectivity index (χ0v) is 7.47. The SMILES string of the molecule is CCC1(O)CN(OC(=O)C(F)(F)F)C1. The molecule has 1 aliphatic rings. The Labute approximate surface area is 78.2 Å². The van der Waals surface area contributed by atoms with Crippen LogP contribution in [-0.4, -0.2) is 41.0 Å². The second kappa shape index (κ2) is 3.39. The average molecular weight is 213 g/mol. The van der Waals surface area contributed by atoms with Crippen LogP contribution in [0.15, 0.2) is 0 Å². The largest absolute Gasteiger partial charge is 0.492 e. The highest BCUT2D eigenvalue weighted by Crippen LogP contribution is 2.26. The molecule has 0 bridgehead atoms. The quantitative estimate of drug-likeness (QED) is 0.724. The molecule has 0 aromatic carbocycles. The number of β-amino-alcohol motifs (C(OH)–C–C–N with tert-alkyl or cyclic N) is 1. The van der Waals surface area contributed by atoms with E-state index < -0.39 is 17.7 Å². The molecule has 82 valence electrons. The lowest BCUT2D eigenvalue weighted by atomic mass is 9.94. The summed E-state index contributed by atoms with van der Waals surface area (Å²) in [4.78, 5) is 14.3. The van der Waals surface area contributed by atoms with Gasteiger partial charge < -0.3 is 9.94 Å². The first-order valence-corrected chi connectivity index (χ1v) is 4.03. The fourth-order valence-corrected chi connectivity index (χ4v) is 1.07. The van der Waals surface area contributed by atoms with Gasteiger partial charge in [-0.25, -0.2) is 4.79 Å². The normalized spacial score (nSPS) is 21.5. The number of carbonyl (C=O) groups excluding carboxylic acids is 1. The van der Waals surface area contributed by atoms with Crippen LogP contribution in [0.1, 0.15) is 13.3 Å². The molecule has 0 spiro atoms. The van der Waals surface area contributed by atoms with Crippen LogP contribution in [0.2, 0.25) is 0 Å². The van der Waals surface area contributed by atoms with Gasteiger partial charge in [-0.1, -0.05) is 6.92 Å². The zero-order valence-electron chi connectivity index (χ0n) is 7.47. The van der Waals surface area contributed by atoms with Crippen LogP contribution in [0.3, 0.4) is 0 Å². The molecule has 0 aromatic heterocycles. The minimum Gasteiger partial charge on any atom is -0.387 e. The Kier molecular flexibility index (Phi) is 2.73. The van der Waals surface area contributed by atoms with Gasteiger partial charge in [0.2, 0.25) is 0 Å². The van der Waals surface area contributed by atoms with Crippen molar-refractivity contribution in [1.29, 1.82) is 0 Å². The second-order valence-corrected chi connectivity index (χ2v) is 3.25. The first-order chi connectivity index (χ1) is 6.27. The monoisotopic (exact) mass is 213 g/mol. The molecule has 0 amide bonds. The predicted octanol–water partition coefficient (Wildman–Crippen LogP) is 0.464. The lowest BCUT2D eigenvalue weighted by Crippen LogP contribution is -2.62. The fraction of sp³-hybridized carbons (Fsp3) is 0.857. The predicted molar refractivity (Wildman–Crippen MR) is 39.0 cm³/mol. The number of carbonyl (C=O) groups is 1. The lowest BCUT2D eigenvalue weighted by Gasteiger charge is -2.43. The second-order valence-electron chi connectivity index (χ2n) is 3.25. The fourth-order valence-electron chi connectivity index (χ4n) is 1.07. The molecule has 4 nitrogen and oxygen atoms in total. The van der Waals surface area contributed by atoms with Crippen molar-refractivity contribution in [3.8, 4) is 0 Å². The molecule has 0 aromatic rings. The number of hydrogen-bond acceptors (Lipinski definition) is 4. The van der Waals surface area contributed by atoms with Gasteiger partial charge in [0.15, 0.2) is 0 Å². The van der Waals surface area contributed by atoms with Crippen molar-refractivity contribution in [2.45, 2.75) is 25.1 Å². The Hall–Kier alpha value is -0.820. The van der Waals surface area contributed by atoms with E-state index in [9.17, 15) is 23.1 Å². The van der Waals surface area contributed by atoms with E-state index in [1.165, 1.54) is 0 Å². The van der Waals surface area contributed by atoms with Gasteiger partial charge in [-0.15, -0.1) is 5.06 Å². The third kappa shape index (κ3) is 2.36. The molecule has 1 heterocycles. The molecule has 1 fully saturated rings. The maximum Gasteiger partial charge on any atom is 0.492 e. The smallest absolute Gasteiger partial charge is 0.387 e. The summed E-state index contributed by atoms with van der Waals surface area (Å²) < 4.78 is 35.0. The van der Waals surface area contributed by atoms with E-state index in [4.69, 9.17) is 0 Å². The molecule has 1 N–H and O–H groups in total. The Morgan fingerprint density at radius 2 is 2.07 bits per heavy atom. The van der Waals surface area contributed by atoms with Crippen LogP contribution in [0, 0.1) is 0 Å². The van der Waals surface area contributed by atoms with Crippen molar-refractivity contribution in [3.63, 3.8) is 0 Å². The van der Waals surface area contributed by atoms with Crippen molar-refractivity contribution in [1.82, 2.24) is 5.06 Å². The molecule has 0 radical (unpaired) electrons. The van der Waals surface area contributed by atoms with Gasteiger partial charge in [0, 0.05) is 0 Å². The Morgan fingerprint density at radius 3 is 2.43 bits per heavy atom. The number of hydroxylamine groups is 2. The highest BCUT2D eigenvalue weighted by molar-refractivity contribution is 5.75. The van der Waals surface area contributed by atoms with E-state index in [1.54, 1.807) is 6.92 Å². The van der Waals surface area contributed by atoms with Crippen molar-refractivity contribution in [2.24, 2.45) is 0 Å². The van der Waals surface area contributed by atoms with Crippen LogP contribution in [0.5, 0.6) is 0 Å². The molecule has 0 aliphatic carbocycles. The number of hydrogen-bond donors (Lipinski definition) is 1. The summed E-state index contributed by atoms with van der Waals surface area (Å²) in [5.74, 6) is -2.25. The summed E-state index contributed by atoms with van der Waals surface area (Å²) in [5, 5.41) is 10.2. The first-order valence-electron chi connectivity index (χ1n) is 4.03. The van der Waals surface area contributed by atoms with Crippen LogP contribution in [-0.2, 0) is 9.63 Å². The van der Waals surface area contributed by atoms with Gasteiger partial charge >= 0.3 is 12.1 Å². The van der Waals surface area contributed by atoms with Crippen LogP contribution >= 0.6 is 0 Å². The highest BCUT2D eigenvalue weighted by atomic mass is 19.4. The molecule has 14 heavy (non-hydrogen) atoms. The summed E-state index contributed by atoms with van der Waals surface area (Å²) >= 11 is 0. The topological polar surface area (TPSA) is 49.8 Å². The van der Waals surface area contributed by atoms with Crippen molar-refractivity contribution in [2.75, 3.05) is 13.1 Å². The molecule has 7 heteroatoms. The number of rotatable bonds is 2. The molecule has 0 saturated carbocycles. The van der Waals surface area contributed by atoms with Gasteiger partial charge in [0.05, 0.1) is 18.7 Å². The van der Waals surface area contributed by atoms with E-state index >= 15 is 0 Å². The molecular formula is C7H10F3NO3. The third-order valence-corrected chi connectivity index (χ3v) is 2.04. The lowest BCUT2D eigenvalue weighted by molar-refractivity contribution is -0.284. The Bertz CT molecular complexity index is 235.